The molecule has 1 fully saturated rings. The minimum Gasteiger partial charge on any atom is -0.492 e. The largest absolute Gasteiger partial charge is 0.492 e. The summed E-state index contributed by atoms with van der Waals surface area (Å²) in [6, 6.07) is 16.9. The number of pyridine rings is 2. The van der Waals surface area contributed by atoms with E-state index in [1.165, 1.54) is 6.20 Å². The Morgan fingerprint density at radius 3 is 2.62 bits per heavy atom. The molecule has 0 spiro atoms. The molecule has 5 rings (SSSR count). The molecule has 0 saturated carbocycles. The Morgan fingerprint density at radius 1 is 1.19 bits per heavy atom. The number of carbonyl (C=O) groups excluding carboxylic acids is 1. The molecule has 3 heterocycles. The molecule has 0 aliphatic carbocycles. The van der Waals surface area contributed by atoms with Gasteiger partial charge in [0.25, 0.3) is 10.1 Å². The number of nitrogens with one attached hydrogen (secondary N) is 2. The Hall–Kier alpha value is -4.74. The van der Waals surface area contributed by atoms with E-state index in [-0.39, 0.29) is 18.6 Å². The van der Waals surface area contributed by atoms with E-state index in [2.05, 4.69) is 38.6 Å². The topological polar surface area (TPSA) is 167 Å². The summed E-state index contributed by atoms with van der Waals surface area (Å²) in [4.78, 5) is 23.9. The molecule has 2 aromatic heterocycles. The van der Waals surface area contributed by atoms with Gasteiger partial charge in [0.05, 0.1) is 46.0 Å². The minimum absolute atomic E-state index is 0.246. The van der Waals surface area contributed by atoms with Crippen molar-refractivity contribution < 1.29 is 27.2 Å². The number of rotatable bonds is 10. The maximum atomic E-state index is 12.9. The van der Waals surface area contributed by atoms with Crippen LogP contribution in [0, 0.1) is 11.3 Å². The van der Waals surface area contributed by atoms with Gasteiger partial charge >= 0.3 is 0 Å². The number of nitriles is 1. The van der Waals surface area contributed by atoms with Crippen molar-refractivity contribution >= 4 is 55.6 Å². The van der Waals surface area contributed by atoms with Crippen LogP contribution >= 0.6 is 11.6 Å². The van der Waals surface area contributed by atoms with E-state index in [0.29, 0.717) is 62.9 Å². The number of carbonyl (C=O) groups is 1. The summed E-state index contributed by atoms with van der Waals surface area (Å²) in [5.41, 5.74) is 3.38. The number of likely N-dealkylation sites (tertiary alicyclic amines) is 1. The van der Waals surface area contributed by atoms with Crippen LogP contribution in [0.5, 0.6) is 11.5 Å². The fourth-order valence-corrected chi connectivity index (χ4v) is 5.07. The van der Waals surface area contributed by atoms with E-state index in [4.69, 9.17) is 25.6 Å². The van der Waals surface area contributed by atoms with Gasteiger partial charge in [-0.25, -0.2) is 0 Å². The van der Waals surface area contributed by atoms with Crippen molar-refractivity contribution in [1.82, 2.24) is 14.9 Å². The van der Waals surface area contributed by atoms with Crippen LogP contribution in [0.15, 0.2) is 73.1 Å². The Bertz CT molecular complexity index is 1890. The highest BCUT2D eigenvalue weighted by atomic mass is 35.5. The quantitative estimate of drug-likeness (QED) is 0.134. The van der Waals surface area contributed by atoms with Crippen molar-refractivity contribution in [2.45, 2.75) is 32.4 Å². The maximum Gasteiger partial charge on any atom is 0.261 e. The molecule has 4 aromatic rings. The summed E-state index contributed by atoms with van der Waals surface area (Å²) in [5, 5.41) is 17.2. The second-order valence-electron chi connectivity index (χ2n) is 10.6. The Kier molecular flexibility index (Phi) is 12.1. The fraction of sp³-hybridized carbons (Fsp3) is 0.273. The molecule has 0 bridgehead atoms. The molecule has 1 amide bonds. The number of hydrogen-bond donors (Lipinski definition) is 3. The third kappa shape index (κ3) is 10.4. The molecule has 3 N–H and O–H groups in total. The molecular formula is C33H35ClN6O6S. The van der Waals surface area contributed by atoms with Crippen molar-refractivity contribution in [3.8, 4) is 17.6 Å². The summed E-state index contributed by atoms with van der Waals surface area (Å²) < 4.78 is 37.5. The Balaban J connectivity index is 0.000000930. The summed E-state index contributed by atoms with van der Waals surface area (Å²) >= 11 is 6.54. The van der Waals surface area contributed by atoms with Crippen LogP contribution in [0.1, 0.15) is 31.0 Å². The van der Waals surface area contributed by atoms with E-state index in [1.54, 1.807) is 36.5 Å². The zero-order chi connectivity index (χ0) is 34.0. The maximum absolute atomic E-state index is 12.9. The molecule has 246 valence electrons. The van der Waals surface area contributed by atoms with Gasteiger partial charge in [0, 0.05) is 41.7 Å². The third-order valence-corrected chi connectivity index (χ3v) is 7.29. The number of likely N-dealkylation sites (N-methyl/N-ethyl adjacent to an activating group) is 1. The highest BCUT2D eigenvalue weighted by molar-refractivity contribution is 7.85. The van der Waals surface area contributed by atoms with E-state index in [1.807, 2.05) is 37.3 Å². The van der Waals surface area contributed by atoms with Crippen LogP contribution in [0.3, 0.4) is 0 Å². The van der Waals surface area contributed by atoms with Crippen molar-refractivity contribution in [1.29, 1.82) is 5.26 Å². The number of amides is 1. The summed E-state index contributed by atoms with van der Waals surface area (Å²) in [6.07, 6.45) is 9.56. The van der Waals surface area contributed by atoms with Gasteiger partial charge in [0.2, 0.25) is 5.91 Å². The van der Waals surface area contributed by atoms with Gasteiger partial charge in [-0.2, -0.15) is 13.7 Å². The van der Waals surface area contributed by atoms with Gasteiger partial charge < -0.3 is 20.1 Å². The molecular weight excluding hydrogens is 644 g/mol. The number of halogens is 1. The molecule has 2 aromatic carbocycles. The van der Waals surface area contributed by atoms with Crippen LogP contribution in [-0.2, 0) is 21.5 Å². The van der Waals surface area contributed by atoms with Crippen molar-refractivity contribution in [3.05, 3.63) is 89.4 Å². The summed E-state index contributed by atoms with van der Waals surface area (Å²) in [6.45, 7) is 3.58. The lowest BCUT2D eigenvalue weighted by Gasteiger charge is -2.17. The fourth-order valence-electron chi connectivity index (χ4n) is 4.84. The zero-order valence-electron chi connectivity index (χ0n) is 26.1. The van der Waals surface area contributed by atoms with Gasteiger partial charge in [0.1, 0.15) is 24.2 Å². The second-order valence-corrected chi connectivity index (χ2v) is 12.5. The highest BCUT2D eigenvalue weighted by Gasteiger charge is 2.19. The number of aromatic nitrogens is 2. The van der Waals surface area contributed by atoms with Gasteiger partial charge in [-0.3, -0.25) is 24.2 Å². The first-order valence-corrected chi connectivity index (χ1v) is 16.9. The predicted molar refractivity (Wildman–Crippen MR) is 182 cm³/mol. The molecule has 1 aliphatic rings. The van der Waals surface area contributed by atoms with Crippen molar-refractivity contribution in [3.63, 3.8) is 0 Å². The van der Waals surface area contributed by atoms with Crippen LogP contribution < -0.4 is 20.1 Å². The lowest BCUT2D eigenvalue weighted by Crippen LogP contribution is -2.23. The van der Waals surface area contributed by atoms with E-state index >= 15 is 0 Å². The van der Waals surface area contributed by atoms with Gasteiger partial charge in [-0.1, -0.05) is 23.7 Å². The van der Waals surface area contributed by atoms with Crippen molar-refractivity contribution in [2.75, 3.05) is 37.1 Å². The van der Waals surface area contributed by atoms with E-state index in [0.717, 1.165) is 25.1 Å². The second kappa shape index (κ2) is 16.2. The zero-order valence-corrected chi connectivity index (χ0v) is 27.7. The Labute approximate surface area is 278 Å². The lowest BCUT2D eigenvalue weighted by atomic mass is 10.1. The Morgan fingerprint density at radius 2 is 1.98 bits per heavy atom. The standard InChI is InChI=1S/C32H31ClN6O3.CH4O3S/c1-3-41-30-17-27-25(16-28(30)38-31(40)12-10-24-8-6-14-39(24)2)32(21(18-34)19-36-27)37-22-9-11-29(26(33)15-22)42-20-23-7-4-5-13-35-23;1-5(2,3)4/h4-5,7,9-13,15-17,19,24H,3,6,8,14,20H2,1-2H3,(H,36,37)(H,38,40);1H3,(H,2,3,4)/t24-;/m1./s1. The highest BCUT2D eigenvalue weighted by Crippen LogP contribution is 2.37. The van der Waals surface area contributed by atoms with E-state index in [9.17, 15) is 18.5 Å². The molecule has 0 unspecified atom stereocenters. The molecule has 47 heavy (non-hydrogen) atoms. The molecule has 0 radical (unpaired) electrons. The first kappa shape index (κ1) is 35.1. The normalized spacial score (nSPS) is 14.7. The SMILES string of the molecule is CCOc1cc2ncc(C#N)c(Nc3ccc(OCc4ccccn4)c(Cl)c3)c2cc1NC(=O)C=C[C@H]1CCCN1C.CS(=O)(=O)O. The number of nitrogens with zero attached hydrogens (tertiary/aromatic N) is 4. The number of ether oxygens (including phenoxy) is 2. The number of benzene rings is 2. The first-order valence-electron chi connectivity index (χ1n) is 14.7. The predicted octanol–water partition coefficient (Wildman–Crippen LogP) is 5.97. The van der Waals surface area contributed by atoms with Crippen LogP contribution in [0.2, 0.25) is 5.02 Å². The lowest BCUT2D eigenvalue weighted by molar-refractivity contribution is -0.112. The smallest absolute Gasteiger partial charge is 0.261 e. The van der Waals surface area contributed by atoms with E-state index < -0.39 is 10.1 Å². The third-order valence-electron chi connectivity index (χ3n) is 7.00. The molecule has 12 nitrogen and oxygen atoms in total. The van der Waals surface area contributed by atoms with Crippen LogP contribution in [0.25, 0.3) is 10.9 Å². The monoisotopic (exact) mass is 678 g/mol. The molecule has 14 heteroatoms. The van der Waals surface area contributed by atoms with Crippen LogP contribution in [-0.4, -0.2) is 66.2 Å². The minimum atomic E-state index is -3.67. The summed E-state index contributed by atoms with van der Waals surface area (Å²) in [7, 11) is -1.61. The molecule has 1 saturated heterocycles. The average Bonchev–Trinajstić information content (AvgIpc) is 3.44. The number of hydrogen-bond acceptors (Lipinski definition) is 10. The average molecular weight is 679 g/mol. The van der Waals surface area contributed by atoms with Gasteiger partial charge in [0.15, 0.2) is 0 Å². The molecule has 1 atom stereocenters. The van der Waals surface area contributed by atoms with Gasteiger partial charge in [-0.05, 0) is 69.8 Å². The van der Waals surface area contributed by atoms with Gasteiger partial charge in [-0.15, -0.1) is 0 Å². The van der Waals surface area contributed by atoms with Crippen LogP contribution in [0.4, 0.5) is 17.1 Å². The number of anilines is 3. The first-order chi connectivity index (χ1) is 22.4. The molecule has 1 aliphatic heterocycles. The number of fused-ring (bicyclic) bond motifs is 1. The van der Waals surface area contributed by atoms with Crippen molar-refractivity contribution in [2.24, 2.45) is 0 Å². The summed E-state index contributed by atoms with van der Waals surface area (Å²) in [5.74, 6) is 0.740.